The van der Waals surface area contributed by atoms with Crippen molar-refractivity contribution in [2.45, 2.75) is 32.8 Å². The highest BCUT2D eigenvalue weighted by Gasteiger charge is 2.08. The fourth-order valence-corrected chi connectivity index (χ4v) is 1.83. The van der Waals surface area contributed by atoms with Crippen LogP contribution in [0.15, 0.2) is 10.8 Å². The summed E-state index contributed by atoms with van der Waals surface area (Å²) in [5.74, 6) is 1.53. The number of aliphatic hydroxyl groups excluding tert-OH is 1. The first kappa shape index (κ1) is 14.2. The molecule has 0 fully saturated rings. The maximum Gasteiger partial charge on any atom is 0.145 e. The van der Waals surface area contributed by atoms with Crippen molar-refractivity contribution in [1.82, 2.24) is 9.97 Å². The minimum Gasteiger partial charge on any atom is -0.393 e. The van der Waals surface area contributed by atoms with E-state index in [9.17, 15) is 5.11 Å². The molecule has 0 spiro atoms. The van der Waals surface area contributed by atoms with E-state index in [4.69, 9.17) is 0 Å². The highest BCUT2D eigenvalue weighted by atomic mass is 79.9. The summed E-state index contributed by atoms with van der Waals surface area (Å²) < 4.78 is 0.827. The molecule has 0 amide bonds. The molecule has 1 aromatic heterocycles. The monoisotopic (exact) mass is 302 g/mol. The van der Waals surface area contributed by atoms with Gasteiger partial charge in [0.1, 0.15) is 22.4 Å². The van der Waals surface area contributed by atoms with Crippen molar-refractivity contribution in [2.75, 3.05) is 23.7 Å². The Bertz CT molecular complexity index is 348. The number of halogens is 1. The van der Waals surface area contributed by atoms with Crippen LogP contribution in [-0.2, 0) is 0 Å². The smallest absolute Gasteiger partial charge is 0.145 e. The van der Waals surface area contributed by atoms with Gasteiger partial charge in [0, 0.05) is 13.1 Å². The topological polar surface area (TPSA) is 70.1 Å². The van der Waals surface area contributed by atoms with E-state index in [-0.39, 0.29) is 6.10 Å². The predicted octanol–water partition coefficient (Wildman–Crippen LogP) is 2.24. The van der Waals surface area contributed by atoms with Gasteiger partial charge in [-0.05, 0) is 35.7 Å². The zero-order valence-electron chi connectivity index (χ0n) is 10.2. The third-order valence-corrected chi connectivity index (χ3v) is 3.13. The van der Waals surface area contributed by atoms with Gasteiger partial charge in [-0.1, -0.05) is 6.92 Å². The van der Waals surface area contributed by atoms with Gasteiger partial charge in [0.15, 0.2) is 0 Å². The van der Waals surface area contributed by atoms with Gasteiger partial charge in [0.2, 0.25) is 0 Å². The lowest BCUT2D eigenvalue weighted by atomic mass is 10.2. The van der Waals surface area contributed by atoms with Crippen molar-refractivity contribution in [1.29, 1.82) is 0 Å². The average Bonchev–Trinajstić information content (AvgIpc) is 2.33. The Balaban J connectivity index is 2.56. The van der Waals surface area contributed by atoms with Gasteiger partial charge in [-0.15, -0.1) is 0 Å². The molecule has 1 unspecified atom stereocenters. The molecule has 0 aliphatic heterocycles. The van der Waals surface area contributed by atoms with Crippen molar-refractivity contribution in [2.24, 2.45) is 0 Å². The van der Waals surface area contributed by atoms with Crippen LogP contribution in [0.3, 0.4) is 0 Å². The molecule has 1 rings (SSSR count). The number of nitrogens with zero attached hydrogens (tertiary/aromatic N) is 2. The Kier molecular flexibility index (Phi) is 6.21. The van der Waals surface area contributed by atoms with Crippen LogP contribution in [-0.4, -0.2) is 34.3 Å². The molecule has 1 atom stereocenters. The number of hydrogen-bond acceptors (Lipinski definition) is 5. The molecular formula is C11H19BrN4O. The predicted molar refractivity (Wildman–Crippen MR) is 73.3 cm³/mol. The van der Waals surface area contributed by atoms with Crippen LogP contribution in [0.4, 0.5) is 11.6 Å². The quantitative estimate of drug-likeness (QED) is 0.721. The SMILES string of the molecule is CCNc1ncnc(NCCC(O)CC)c1Br. The Labute approximate surface area is 110 Å². The molecule has 96 valence electrons. The normalized spacial score (nSPS) is 12.2. The first-order chi connectivity index (χ1) is 8.19. The molecule has 5 nitrogen and oxygen atoms in total. The van der Waals surface area contributed by atoms with E-state index < -0.39 is 0 Å². The van der Waals surface area contributed by atoms with Gasteiger partial charge in [0.05, 0.1) is 6.10 Å². The summed E-state index contributed by atoms with van der Waals surface area (Å²) in [6.45, 7) is 5.48. The summed E-state index contributed by atoms with van der Waals surface area (Å²) in [6, 6.07) is 0. The molecule has 0 aliphatic carbocycles. The molecule has 1 aromatic rings. The largest absolute Gasteiger partial charge is 0.393 e. The summed E-state index contributed by atoms with van der Waals surface area (Å²) in [5.41, 5.74) is 0. The zero-order chi connectivity index (χ0) is 12.7. The lowest BCUT2D eigenvalue weighted by Gasteiger charge is -2.12. The summed E-state index contributed by atoms with van der Waals surface area (Å²) in [7, 11) is 0. The second-order valence-electron chi connectivity index (χ2n) is 3.69. The summed E-state index contributed by atoms with van der Waals surface area (Å²) in [4.78, 5) is 8.28. The highest BCUT2D eigenvalue weighted by Crippen LogP contribution is 2.26. The van der Waals surface area contributed by atoms with E-state index in [2.05, 4.69) is 36.5 Å². The molecule has 0 saturated carbocycles. The summed E-state index contributed by atoms with van der Waals surface area (Å²) in [5, 5.41) is 15.8. The molecule has 3 N–H and O–H groups in total. The third-order valence-electron chi connectivity index (χ3n) is 2.37. The molecule has 0 aliphatic rings. The number of rotatable bonds is 7. The zero-order valence-corrected chi connectivity index (χ0v) is 11.8. The van der Waals surface area contributed by atoms with Crippen LogP contribution in [0.1, 0.15) is 26.7 Å². The van der Waals surface area contributed by atoms with Crippen LogP contribution in [0, 0.1) is 0 Å². The molecule has 1 heterocycles. The van der Waals surface area contributed by atoms with Crippen LogP contribution >= 0.6 is 15.9 Å². The van der Waals surface area contributed by atoms with Crippen molar-refractivity contribution in [3.63, 3.8) is 0 Å². The second-order valence-corrected chi connectivity index (χ2v) is 4.49. The van der Waals surface area contributed by atoms with Gasteiger partial charge in [-0.3, -0.25) is 0 Å². The standard InChI is InChI=1S/C11H19BrN4O/c1-3-8(17)5-6-14-11-9(12)10(13-4-2)15-7-16-11/h7-8,17H,3-6H2,1-2H3,(H2,13,14,15,16). The third kappa shape index (κ3) is 4.47. The molecule has 0 saturated heterocycles. The van der Waals surface area contributed by atoms with Gasteiger partial charge in [-0.25, -0.2) is 9.97 Å². The number of aromatic nitrogens is 2. The Morgan fingerprint density at radius 3 is 2.53 bits per heavy atom. The molecule has 0 radical (unpaired) electrons. The van der Waals surface area contributed by atoms with E-state index >= 15 is 0 Å². The lowest BCUT2D eigenvalue weighted by Crippen LogP contribution is -2.13. The Hall–Kier alpha value is -0.880. The number of anilines is 2. The summed E-state index contributed by atoms with van der Waals surface area (Å²) in [6.07, 6.45) is 2.75. The maximum absolute atomic E-state index is 9.45. The molecule has 17 heavy (non-hydrogen) atoms. The van der Waals surface area contributed by atoms with Gasteiger partial charge in [0.25, 0.3) is 0 Å². The van der Waals surface area contributed by atoms with Crippen molar-refractivity contribution >= 4 is 27.6 Å². The fraction of sp³-hybridized carbons (Fsp3) is 0.636. The minimum absolute atomic E-state index is 0.253. The molecule has 0 aromatic carbocycles. The Morgan fingerprint density at radius 2 is 1.94 bits per heavy atom. The number of aliphatic hydroxyl groups is 1. The van der Waals surface area contributed by atoms with Gasteiger partial charge in [-0.2, -0.15) is 0 Å². The number of nitrogens with one attached hydrogen (secondary N) is 2. The van der Waals surface area contributed by atoms with E-state index in [0.29, 0.717) is 13.0 Å². The molecule has 6 heteroatoms. The summed E-state index contributed by atoms with van der Waals surface area (Å²) >= 11 is 3.45. The van der Waals surface area contributed by atoms with Gasteiger partial charge >= 0.3 is 0 Å². The van der Waals surface area contributed by atoms with E-state index in [0.717, 1.165) is 29.1 Å². The van der Waals surface area contributed by atoms with Crippen molar-refractivity contribution < 1.29 is 5.11 Å². The Morgan fingerprint density at radius 1 is 1.29 bits per heavy atom. The fourth-order valence-electron chi connectivity index (χ4n) is 1.35. The average molecular weight is 303 g/mol. The number of hydrogen-bond donors (Lipinski definition) is 3. The molecular weight excluding hydrogens is 284 g/mol. The van der Waals surface area contributed by atoms with Crippen LogP contribution < -0.4 is 10.6 Å². The van der Waals surface area contributed by atoms with Crippen molar-refractivity contribution in [3.05, 3.63) is 10.8 Å². The first-order valence-corrected chi connectivity index (χ1v) is 6.64. The van der Waals surface area contributed by atoms with E-state index in [1.54, 1.807) is 0 Å². The molecule has 0 bridgehead atoms. The minimum atomic E-state index is -0.253. The first-order valence-electron chi connectivity index (χ1n) is 5.85. The van der Waals surface area contributed by atoms with E-state index in [1.807, 2.05) is 13.8 Å². The lowest BCUT2D eigenvalue weighted by molar-refractivity contribution is 0.164. The van der Waals surface area contributed by atoms with Crippen LogP contribution in [0.5, 0.6) is 0 Å². The van der Waals surface area contributed by atoms with Gasteiger partial charge < -0.3 is 15.7 Å². The van der Waals surface area contributed by atoms with E-state index in [1.165, 1.54) is 6.33 Å². The second kappa shape index (κ2) is 7.45. The highest BCUT2D eigenvalue weighted by molar-refractivity contribution is 9.10. The van der Waals surface area contributed by atoms with Crippen molar-refractivity contribution in [3.8, 4) is 0 Å². The van der Waals surface area contributed by atoms with Crippen LogP contribution in [0.25, 0.3) is 0 Å². The van der Waals surface area contributed by atoms with Crippen LogP contribution in [0.2, 0.25) is 0 Å². The maximum atomic E-state index is 9.45.